The van der Waals surface area contributed by atoms with E-state index in [1.807, 2.05) is 12.1 Å². The lowest BCUT2D eigenvalue weighted by atomic mass is 10.1. The van der Waals surface area contributed by atoms with Gasteiger partial charge in [0, 0.05) is 18.2 Å². The van der Waals surface area contributed by atoms with E-state index in [9.17, 15) is 0 Å². The molecule has 0 aliphatic heterocycles. The third-order valence-corrected chi connectivity index (χ3v) is 3.82. The number of nitrogens with one attached hydrogen (secondary N) is 1. The Bertz CT molecular complexity index is 413. The zero-order chi connectivity index (χ0) is 14.4. The molecule has 1 saturated carbocycles. The van der Waals surface area contributed by atoms with Crippen molar-refractivity contribution < 1.29 is 9.47 Å². The second-order valence-electron chi connectivity index (χ2n) is 6.07. The molecule has 0 radical (unpaired) electrons. The van der Waals surface area contributed by atoms with Crippen LogP contribution in [0, 0.1) is 0 Å². The largest absolute Gasteiger partial charge is 0.491 e. The Labute approximate surface area is 122 Å². The summed E-state index contributed by atoms with van der Waals surface area (Å²) in [6.07, 6.45) is 3.63. The minimum absolute atomic E-state index is 0.0591. The van der Waals surface area contributed by atoms with Crippen LogP contribution in [0.5, 0.6) is 5.75 Å². The van der Waals surface area contributed by atoms with E-state index in [-0.39, 0.29) is 5.60 Å². The van der Waals surface area contributed by atoms with Gasteiger partial charge in [-0.2, -0.15) is 0 Å². The number of rotatable bonds is 9. The first kappa shape index (κ1) is 15.3. The molecule has 2 rings (SSSR count). The van der Waals surface area contributed by atoms with E-state index < -0.39 is 0 Å². The Kier molecular flexibility index (Phi) is 5.44. The molecule has 1 N–H and O–H groups in total. The van der Waals surface area contributed by atoms with Gasteiger partial charge >= 0.3 is 0 Å². The Morgan fingerprint density at radius 3 is 2.65 bits per heavy atom. The summed E-state index contributed by atoms with van der Waals surface area (Å²) in [7, 11) is 0. The Hall–Kier alpha value is -1.06. The second-order valence-corrected chi connectivity index (χ2v) is 6.07. The molecule has 112 valence electrons. The van der Waals surface area contributed by atoms with Crippen molar-refractivity contribution in [3.05, 3.63) is 29.8 Å². The molecule has 3 nitrogen and oxygen atoms in total. The van der Waals surface area contributed by atoms with Crippen LogP contribution >= 0.6 is 0 Å². The Balaban J connectivity index is 1.76. The van der Waals surface area contributed by atoms with Crippen LogP contribution in [0.1, 0.15) is 45.6 Å². The average molecular weight is 277 g/mol. The molecule has 0 spiro atoms. The maximum atomic E-state index is 5.86. The predicted molar refractivity (Wildman–Crippen MR) is 82.1 cm³/mol. The van der Waals surface area contributed by atoms with Gasteiger partial charge in [-0.15, -0.1) is 0 Å². The van der Waals surface area contributed by atoms with Crippen molar-refractivity contribution in [2.45, 2.75) is 58.2 Å². The molecule has 1 aromatic rings. The first-order valence-corrected chi connectivity index (χ1v) is 7.69. The van der Waals surface area contributed by atoms with Crippen molar-refractivity contribution in [2.24, 2.45) is 0 Å². The van der Waals surface area contributed by atoms with Crippen molar-refractivity contribution in [2.75, 3.05) is 13.2 Å². The standard InChI is InChI=1S/C17H27NO2/c1-4-17(2,3)20-12-11-19-16-8-6-5-7-14(16)13-18-15-9-10-15/h5-8,15,18H,4,9-13H2,1-3H3. The fourth-order valence-corrected chi connectivity index (χ4v) is 1.90. The van der Waals surface area contributed by atoms with Crippen LogP contribution in [0.4, 0.5) is 0 Å². The highest BCUT2D eigenvalue weighted by molar-refractivity contribution is 5.33. The van der Waals surface area contributed by atoms with Gasteiger partial charge in [0.2, 0.25) is 0 Å². The van der Waals surface area contributed by atoms with Crippen LogP contribution in [-0.2, 0) is 11.3 Å². The monoisotopic (exact) mass is 277 g/mol. The van der Waals surface area contributed by atoms with Crippen molar-refractivity contribution in [3.63, 3.8) is 0 Å². The van der Waals surface area contributed by atoms with Gasteiger partial charge in [-0.3, -0.25) is 0 Å². The van der Waals surface area contributed by atoms with Gasteiger partial charge in [0.25, 0.3) is 0 Å². The molecule has 0 atom stereocenters. The van der Waals surface area contributed by atoms with Gasteiger partial charge in [-0.05, 0) is 39.2 Å². The van der Waals surface area contributed by atoms with Gasteiger partial charge in [-0.1, -0.05) is 25.1 Å². The van der Waals surface area contributed by atoms with Crippen LogP contribution in [0.25, 0.3) is 0 Å². The van der Waals surface area contributed by atoms with E-state index in [1.54, 1.807) is 0 Å². The SMILES string of the molecule is CCC(C)(C)OCCOc1ccccc1CNC1CC1. The van der Waals surface area contributed by atoms with Crippen LogP contribution < -0.4 is 10.1 Å². The Morgan fingerprint density at radius 2 is 1.95 bits per heavy atom. The number of benzene rings is 1. The van der Waals surface area contributed by atoms with Crippen LogP contribution in [0.2, 0.25) is 0 Å². The quantitative estimate of drug-likeness (QED) is 0.701. The fraction of sp³-hybridized carbons (Fsp3) is 0.647. The molecular weight excluding hydrogens is 250 g/mol. The number of hydrogen-bond donors (Lipinski definition) is 1. The molecule has 1 aliphatic carbocycles. The molecule has 1 aliphatic rings. The average Bonchev–Trinajstić information content (AvgIpc) is 3.26. The molecule has 1 aromatic carbocycles. The summed E-state index contributed by atoms with van der Waals surface area (Å²) in [5, 5.41) is 3.53. The molecule has 0 bridgehead atoms. The minimum atomic E-state index is -0.0591. The molecule has 0 heterocycles. The van der Waals surface area contributed by atoms with Gasteiger partial charge in [0.1, 0.15) is 12.4 Å². The lowest BCUT2D eigenvalue weighted by Crippen LogP contribution is -2.25. The molecule has 0 unspecified atom stereocenters. The predicted octanol–water partition coefficient (Wildman–Crippen LogP) is 3.52. The van der Waals surface area contributed by atoms with Crippen LogP contribution in [0.3, 0.4) is 0 Å². The number of ether oxygens (including phenoxy) is 2. The summed E-state index contributed by atoms with van der Waals surface area (Å²) in [4.78, 5) is 0. The van der Waals surface area contributed by atoms with Crippen molar-refractivity contribution >= 4 is 0 Å². The third kappa shape index (κ3) is 5.14. The fourth-order valence-electron chi connectivity index (χ4n) is 1.90. The molecular formula is C17H27NO2. The number of hydrogen-bond acceptors (Lipinski definition) is 3. The van der Waals surface area contributed by atoms with Crippen LogP contribution in [-0.4, -0.2) is 24.9 Å². The number of para-hydroxylation sites is 1. The van der Waals surface area contributed by atoms with Crippen molar-refractivity contribution in [1.82, 2.24) is 5.32 Å². The van der Waals surface area contributed by atoms with Gasteiger partial charge in [0.05, 0.1) is 12.2 Å². The molecule has 3 heteroatoms. The van der Waals surface area contributed by atoms with E-state index >= 15 is 0 Å². The molecule has 0 amide bonds. The molecule has 0 aromatic heterocycles. The highest BCUT2D eigenvalue weighted by Crippen LogP contribution is 2.22. The maximum absolute atomic E-state index is 5.86. The zero-order valence-electron chi connectivity index (χ0n) is 12.9. The van der Waals surface area contributed by atoms with Crippen molar-refractivity contribution in [3.8, 4) is 5.75 Å². The van der Waals surface area contributed by atoms with Crippen molar-refractivity contribution in [1.29, 1.82) is 0 Å². The van der Waals surface area contributed by atoms with E-state index in [0.717, 1.165) is 24.8 Å². The van der Waals surface area contributed by atoms with E-state index in [0.29, 0.717) is 13.2 Å². The zero-order valence-corrected chi connectivity index (χ0v) is 12.9. The first-order valence-electron chi connectivity index (χ1n) is 7.69. The van der Waals surface area contributed by atoms with Gasteiger partial charge < -0.3 is 14.8 Å². The maximum Gasteiger partial charge on any atom is 0.123 e. The lowest BCUT2D eigenvalue weighted by Gasteiger charge is -2.23. The lowest BCUT2D eigenvalue weighted by molar-refractivity contribution is -0.0318. The minimum Gasteiger partial charge on any atom is -0.491 e. The molecule has 20 heavy (non-hydrogen) atoms. The van der Waals surface area contributed by atoms with E-state index in [1.165, 1.54) is 18.4 Å². The Morgan fingerprint density at radius 1 is 1.20 bits per heavy atom. The smallest absolute Gasteiger partial charge is 0.123 e. The molecule has 0 saturated heterocycles. The van der Waals surface area contributed by atoms with Gasteiger partial charge in [0.15, 0.2) is 0 Å². The third-order valence-electron chi connectivity index (χ3n) is 3.82. The summed E-state index contributed by atoms with van der Waals surface area (Å²) in [5.74, 6) is 0.971. The first-order chi connectivity index (χ1) is 9.61. The molecule has 1 fully saturated rings. The van der Waals surface area contributed by atoms with Gasteiger partial charge in [-0.25, -0.2) is 0 Å². The second kappa shape index (κ2) is 7.09. The summed E-state index contributed by atoms with van der Waals surface area (Å²) in [5.41, 5.74) is 1.17. The summed E-state index contributed by atoms with van der Waals surface area (Å²) >= 11 is 0. The summed E-state index contributed by atoms with van der Waals surface area (Å²) < 4.78 is 11.7. The van der Waals surface area contributed by atoms with E-state index in [2.05, 4.69) is 38.2 Å². The summed E-state index contributed by atoms with van der Waals surface area (Å²) in [6.45, 7) is 8.48. The topological polar surface area (TPSA) is 30.5 Å². The summed E-state index contributed by atoms with van der Waals surface area (Å²) in [6, 6.07) is 8.97. The highest BCUT2D eigenvalue weighted by Gasteiger charge is 2.20. The van der Waals surface area contributed by atoms with Crippen LogP contribution in [0.15, 0.2) is 24.3 Å². The highest BCUT2D eigenvalue weighted by atomic mass is 16.5. The van der Waals surface area contributed by atoms with E-state index in [4.69, 9.17) is 9.47 Å². The normalized spacial score (nSPS) is 15.3.